The van der Waals surface area contributed by atoms with Crippen molar-refractivity contribution in [2.45, 2.75) is 12.8 Å². The van der Waals surface area contributed by atoms with Crippen LogP contribution in [0, 0.1) is 5.82 Å². The molecule has 0 aliphatic heterocycles. The number of aryl methyl sites for hydroxylation is 1. The first-order valence-corrected chi connectivity index (χ1v) is 6.22. The third-order valence-electron chi connectivity index (χ3n) is 2.57. The number of ether oxygens (including phenoxy) is 1. The smallest absolute Gasteiger partial charge is 0.311 e. The van der Waals surface area contributed by atoms with Gasteiger partial charge in [0.25, 0.3) is 0 Å². The van der Waals surface area contributed by atoms with E-state index >= 15 is 0 Å². The molecule has 19 heavy (non-hydrogen) atoms. The Bertz CT molecular complexity index is 584. The van der Waals surface area contributed by atoms with Crippen molar-refractivity contribution >= 4 is 17.6 Å². The Kier molecular flexibility index (Phi) is 4.53. The second-order valence-corrected chi connectivity index (χ2v) is 4.44. The van der Waals surface area contributed by atoms with Gasteiger partial charge in [0.15, 0.2) is 0 Å². The minimum absolute atomic E-state index is 0.175. The highest BCUT2D eigenvalue weighted by Gasteiger charge is 2.08. The lowest BCUT2D eigenvalue weighted by Gasteiger charge is -2.06. The molecule has 0 amide bonds. The molecule has 0 bridgehead atoms. The molecule has 0 fully saturated rings. The van der Waals surface area contributed by atoms with Gasteiger partial charge in [-0.1, -0.05) is 35.9 Å². The van der Waals surface area contributed by atoms with Gasteiger partial charge in [-0.05, 0) is 36.2 Å². The van der Waals surface area contributed by atoms with Crippen LogP contribution in [-0.2, 0) is 11.2 Å². The van der Waals surface area contributed by atoms with E-state index < -0.39 is 5.97 Å². The lowest BCUT2D eigenvalue weighted by molar-refractivity contribution is -0.134. The normalized spacial score (nSPS) is 10.2. The SMILES string of the molecule is O=C(CCc1cccc(F)c1)Oc1ccccc1Cl. The summed E-state index contributed by atoms with van der Waals surface area (Å²) in [5.74, 6) is -0.359. The molecule has 0 N–H and O–H groups in total. The molecule has 0 aliphatic carbocycles. The molecule has 0 unspecified atom stereocenters. The zero-order valence-corrected chi connectivity index (χ0v) is 10.9. The van der Waals surface area contributed by atoms with Gasteiger partial charge >= 0.3 is 5.97 Å². The Morgan fingerprint density at radius 2 is 1.95 bits per heavy atom. The molecule has 0 spiro atoms. The average Bonchev–Trinajstić information content (AvgIpc) is 2.39. The molecule has 2 aromatic rings. The lowest BCUT2D eigenvalue weighted by atomic mass is 10.1. The Morgan fingerprint density at radius 1 is 1.16 bits per heavy atom. The zero-order valence-electron chi connectivity index (χ0n) is 10.1. The number of hydrogen-bond acceptors (Lipinski definition) is 2. The summed E-state index contributed by atoms with van der Waals surface area (Å²) in [7, 11) is 0. The summed E-state index contributed by atoms with van der Waals surface area (Å²) < 4.78 is 18.1. The predicted molar refractivity (Wildman–Crippen MR) is 71.8 cm³/mol. The average molecular weight is 279 g/mol. The molecule has 2 nitrogen and oxygen atoms in total. The van der Waals surface area contributed by atoms with E-state index in [-0.39, 0.29) is 12.2 Å². The number of carbonyl (C=O) groups excluding carboxylic acids is 1. The topological polar surface area (TPSA) is 26.3 Å². The first kappa shape index (κ1) is 13.6. The van der Waals surface area contributed by atoms with Crippen LogP contribution >= 0.6 is 11.6 Å². The number of carbonyl (C=O) groups is 1. The minimum Gasteiger partial charge on any atom is -0.425 e. The molecule has 0 atom stereocenters. The van der Waals surface area contributed by atoms with Crippen molar-refractivity contribution in [2.75, 3.05) is 0 Å². The van der Waals surface area contributed by atoms with Gasteiger partial charge in [-0.3, -0.25) is 4.79 Å². The van der Waals surface area contributed by atoms with Crippen molar-refractivity contribution in [3.63, 3.8) is 0 Å². The van der Waals surface area contributed by atoms with E-state index in [2.05, 4.69) is 0 Å². The van der Waals surface area contributed by atoms with Crippen LogP contribution in [0.2, 0.25) is 5.02 Å². The first-order valence-electron chi connectivity index (χ1n) is 5.85. The summed E-state index contributed by atoms with van der Waals surface area (Å²) >= 11 is 5.88. The Morgan fingerprint density at radius 3 is 2.68 bits per heavy atom. The van der Waals surface area contributed by atoms with Crippen LogP contribution in [-0.4, -0.2) is 5.97 Å². The molecule has 0 radical (unpaired) electrons. The molecule has 0 aromatic heterocycles. The molecular weight excluding hydrogens is 267 g/mol. The van der Waals surface area contributed by atoms with Crippen molar-refractivity contribution in [3.05, 3.63) is 64.9 Å². The molecule has 98 valence electrons. The molecular formula is C15H12ClFO2. The highest BCUT2D eigenvalue weighted by molar-refractivity contribution is 6.32. The maximum absolute atomic E-state index is 13.0. The van der Waals surface area contributed by atoms with Crippen LogP contribution in [0.5, 0.6) is 5.75 Å². The predicted octanol–water partition coefficient (Wildman–Crippen LogP) is 4.02. The van der Waals surface area contributed by atoms with Crippen LogP contribution in [0.25, 0.3) is 0 Å². The van der Waals surface area contributed by atoms with Gasteiger partial charge in [-0.15, -0.1) is 0 Å². The summed E-state index contributed by atoms with van der Waals surface area (Å²) in [6.45, 7) is 0. The van der Waals surface area contributed by atoms with Crippen LogP contribution in [0.1, 0.15) is 12.0 Å². The fourth-order valence-electron chi connectivity index (χ4n) is 1.64. The van der Waals surface area contributed by atoms with Gasteiger partial charge in [-0.2, -0.15) is 0 Å². The van der Waals surface area contributed by atoms with Gasteiger partial charge < -0.3 is 4.74 Å². The van der Waals surface area contributed by atoms with E-state index in [9.17, 15) is 9.18 Å². The lowest BCUT2D eigenvalue weighted by Crippen LogP contribution is -2.09. The first-order chi connectivity index (χ1) is 9.15. The number of halogens is 2. The third kappa shape index (κ3) is 4.07. The van der Waals surface area contributed by atoms with Crippen LogP contribution < -0.4 is 4.74 Å². The molecule has 2 rings (SSSR count). The molecule has 0 heterocycles. The largest absolute Gasteiger partial charge is 0.425 e. The van der Waals surface area contributed by atoms with Crippen molar-refractivity contribution in [1.29, 1.82) is 0 Å². The maximum atomic E-state index is 13.0. The van der Waals surface area contributed by atoms with Crippen LogP contribution in [0.3, 0.4) is 0 Å². The number of esters is 1. The van der Waals surface area contributed by atoms with Crippen molar-refractivity contribution < 1.29 is 13.9 Å². The maximum Gasteiger partial charge on any atom is 0.311 e. The minimum atomic E-state index is -0.391. The highest BCUT2D eigenvalue weighted by atomic mass is 35.5. The summed E-state index contributed by atoms with van der Waals surface area (Å²) in [6, 6.07) is 12.9. The third-order valence-corrected chi connectivity index (χ3v) is 2.88. The summed E-state index contributed by atoms with van der Waals surface area (Å²) in [6.07, 6.45) is 0.607. The number of benzene rings is 2. The van der Waals surface area contributed by atoms with Gasteiger partial charge in [0, 0.05) is 6.42 Å². The fourth-order valence-corrected chi connectivity index (χ4v) is 1.81. The second-order valence-electron chi connectivity index (χ2n) is 4.03. The van der Waals surface area contributed by atoms with Crippen molar-refractivity contribution in [3.8, 4) is 5.75 Å². The van der Waals surface area contributed by atoms with Crippen LogP contribution in [0.4, 0.5) is 4.39 Å². The zero-order chi connectivity index (χ0) is 13.7. The van der Waals surface area contributed by atoms with Gasteiger partial charge in [0.2, 0.25) is 0 Å². The second kappa shape index (κ2) is 6.34. The summed E-state index contributed by atoms with van der Waals surface area (Å²) in [4.78, 5) is 11.6. The van der Waals surface area contributed by atoms with E-state index in [1.807, 2.05) is 0 Å². The summed E-state index contributed by atoms with van der Waals surface area (Å²) in [5, 5.41) is 0.390. The van der Waals surface area contributed by atoms with E-state index in [1.165, 1.54) is 12.1 Å². The molecule has 0 aliphatic rings. The number of para-hydroxylation sites is 1. The standard InChI is InChI=1S/C15H12ClFO2/c16-13-6-1-2-7-14(13)19-15(18)9-8-11-4-3-5-12(17)10-11/h1-7,10H,8-9H2. The molecule has 2 aromatic carbocycles. The van der Waals surface area contributed by atoms with E-state index in [0.29, 0.717) is 17.2 Å². The summed E-state index contributed by atoms with van der Waals surface area (Å²) in [5.41, 5.74) is 0.760. The molecule has 0 saturated carbocycles. The fraction of sp³-hybridized carbons (Fsp3) is 0.133. The van der Waals surface area contributed by atoms with Gasteiger partial charge in [-0.25, -0.2) is 4.39 Å². The quantitative estimate of drug-likeness (QED) is 0.624. The highest BCUT2D eigenvalue weighted by Crippen LogP contribution is 2.23. The van der Waals surface area contributed by atoms with Crippen molar-refractivity contribution in [1.82, 2.24) is 0 Å². The monoisotopic (exact) mass is 278 g/mol. The van der Waals surface area contributed by atoms with E-state index in [0.717, 1.165) is 5.56 Å². The number of rotatable bonds is 4. The molecule has 4 heteroatoms. The van der Waals surface area contributed by atoms with Crippen molar-refractivity contribution in [2.24, 2.45) is 0 Å². The van der Waals surface area contributed by atoms with Crippen LogP contribution in [0.15, 0.2) is 48.5 Å². The van der Waals surface area contributed by atoms with E-state index in [4.69, 9.17) is 16.3 Å². The van der Waals surface area contributed by atoms with Gasteiger partial charge in [0.1, 0.15) is 11.6 Å². The van der Waals surface area contributed by atoms with Gasteiger partial charge in [0.05, 0.1) is 5.02 Å². The Balaban J connectivity index is 1.90. The Hall–Kier alpha value is -1.87. The Labute approximate surface area is 115 Å². The molecule has 0 saturated heterocycles. The van der Waals surface area contributed by atoms with E-state index in [1.54, 1.807) is 36.4 Å². The number of hydrogen-bond donors (Lipinski definition) is 0.